The molecule has 3 rings (SSSR count). The van der Waals surface area contributed by atoms with Crippen LogP contribution in [0.15, 0.2) is 23.5 Å². The van der Waals surface area contributed by atoms with E-state index in [0.29, 0.717) is 16.9 Å². The van der Waals surface area contributed by atoms with E-state index < -0.39 is 50.5 Å². The van der Waals surface area contributed by atoms with Crippen molar-refractivity contribution in [2.75, 3.05) is 18.4 Å². The van der Waals surface area contributed by atoms with E-state index >= 15 is 0 Å². The largest absolute Gasteiger partial charge is 0.368 e. The smallest absolute Gasteiger partial charge is 0.246 e. The van der Waals surface area contributed by atoms with E-state index in [9.17, 15) is 30.4 Å². The highest BCUT2D eigenvalue weighted by molar-refractivity contribution is 7.89. The number of hydrogen-bond donors (Lipinski definition) is 3. The number of H-pyrrole nitrogens is 1. The van der Waals surface area contributed by atoms with Gasteiger partial charge in [-0.25, -0.2) is 45.1 Å². The minimum atomic E-state index is -5.00. The summed E-state index contributed by atoms with van der Waals surface area (Å²) < 4.78 is 92.3. The molecule has 0 radical (unpaired) electrons. The first-order valence-electron chi connectivity index (χ1n) is 7.27. The van der Waals surface area contributed by atoms with E-state index in [2.05, 4.69) is 20.3 Å². The number of hydrogen-bond acceptors (Lipinski definition) is 5. The van der Waals surface area contributed by atoms with Crippen molar-refractivity contribution in [2.45, 2.75) is 4.90 Å². The van der Waals surface area contributed by atoms with Gasteiger partial charge in [-0.3, -0.25) is 0 Å². The summed E-state index contributed by atoms with van der Waals surface area (Å²) in [7, 11) is -5.00. The van der Waals surface area contributed by atoms with Crippen LogP contribution in [0.25, 0.3) is 11.0 Å². The van der Waals surface area contributed by atoms with Crippen LogP contribution in [-0.2, 0) is 10.0 Å². The van der Waals surface area contributed by atoms with Crippen molar-refractivity contribution in [2.24, 2.45) is 0 Å². The van der Waals surface area contributed by atoms with Gasteiger partial charge < -0.3 is 10.3 Å². The van der Waals surface area contributed by atoms with Crippen molar-refractivity contribution >= 4 is 26.9 Å². The van der Waals surface area contributed by atoms with E-state index in [1.165, 1.54) is 6.33 Å². The molecule has 0 saturated heterocycles. The fraction of sp³-hybridized carbons (Fsp3) is 0.143. The highest BCUT2D eigenvalue weighted by Gasteiger charge is 2.33. The number of aromatic amines is 1. The summed E-state index contributed by atoms with van der Waals surface area (Å²) in [4.78, 5) is 8.80. The first-order chi connectivity index (χ1) is 12.7. The molecule has 0 aliphatic carbocycles. The predicted octanol–water partition coefficient (Wildman–Crippen LogP) is 2.04. The van der Waals surface area contributed by atoms with E-state index in [4.69, 9.17) is 0 Å². The third kappa shape index (κ3) is 3.42. The molecular formula is C14H10F5N5O2S. The Bertz CT molecular complexity index is 1090. The van der Waals surface area contributed by atoms with Crippen molar-refractivity contribution in [1.82, 2.24) is 19.7 Å². The van der Waals surface area contributed by atoms with E-state index in [0.717, 1.165) is 0 Å². The number of halogens is 5. The molecule has 13 heteroatoms. The lowest BCUT2D eigenvalue weighted by molar-refractivity contribution is 0.357. The van der Waals surface area contributed by atoms with Gasteiger partial charge in [-0.1, -0.05) is 0 Å². The van der Waals surface area contributed by atoms with Gasteiger partial charge in [0.1, 0.15) is 17.8 Å². The predicted molar refractivity (Wildman–Crippen MR) is 83.8 cm³/mol. The van der Waals surface area contributed by atoms with Gasteiger partial charge in [0.2, 0.25) is 15.8 Å². The summed E-state index contributed by atoms with van der Waals surface area (Å²) in [6.45, 7) is -0.510. The minimum Gasteiger partial charge on any atom is -0.368 e. The molecule has 0 spiro atoms. The van der Waals surface area contributed by atoms with Gasteiger partial charge in [0.15, 0.2) is 28.2 Å². The second kappa shape index (κ2) is 7.08. The highest BCUT2D eigenvalue weighted by atomic mass is 32.2. The lowest BCUT2D eigenvalue weighted by Gasteiger charge is -2.11. The zero-order valence-corrected chi connectivity index (χ0v) is 14.0. The Hall–Kier alpha value is -2.80. The number of sulfonamides is 1. The number of nitrogens with one attached hydrogen (secondary N) is 3. The first-order valence-corrected chi connectivity index (χ1v) is 8.75. The topological polar surface area (TPSA) is 99.8 Å². The van der Waals surface area contributed by atoms with Crippen LogP contribution in [-0.4, -0.2) is 36.5 Å². The molecule has 0 fully saturated rings. The van der Waals surface area contributed by atoms with Gasteiger partial charge in [0, 0.05) is 19.3 Å². The number of benzene rings is 1. The van der Waals surface area contributed by atoms with Gasteiger partial charge in [0.25, 0.3) is 0 Å². The van der Waals surface area contributed by atoms with Crippen LogP contribution in [0.2, 0.25) is 0 Å². The van der Waals surface area contributed by atoms with Crippen molar-refractivity contribution in [3.05, 3.63) is 47.7 Å². The molecule has 3 aromatic rings. The molecule has 1 aromatic carbocycles. The normalized spacial score (nSPS) is 11.9. The van der Waals surface area contributed by atoms with Crippen molar-refractivity contribution in [3.63, 3.8) is 0 Å². The summed E-state index contributed by atoms with van der Waals surface area (Å²) >= 11 is 0. The molecule has 0 amide bonds. The number of fused-ring (bicyclic) bond motifs is 1. The summed E-state index contributed by atoms with van der Waals surface area (Å²) in [5, 5.41) is 3.38. The summed E-state index contributed by atoms with van der Waals surface area (Å²) in [5.41, 5.74) is 0.523. The molecule has 7 nitrogen and oxygen atoms in total. The van der Waals surface area contributed by atoms with Gasteiger partial charge in [0.05, 0.1) is 5.39 Å². The summed E-state index contributed by atoms with van der Waals surface area (Å²) in [6.07, 6.45) is 2.86. The average molecular weight is 407 g/mol. The van der Waals surface area contributed by atoms with Crippen molar-refractivity contribution < 1.29 is 30.4 Å². The Kier molecular flexibility index (Phi) is 4.97. The zero-order chi connectivity index (χ0) is 19.8. The van der Waals surface area contributed by atoms with Gasteiger partial charge in [-0.15, -0.1) is 0 Å². The number of aromatic nitrogens is 3. The van der Waals surface area contributed by atoms with Gasteiger partial charge in [-0.05, 0) is 6.07 Å². The molecule has 0 aliphatic rings. The SMILES string of the molecule is O=S(=O)(NCCNc1ncnc2[nH]ccc12)c1c(F)c(F)c(F)c(F)c1F. The first kappa shape index (κ1) is 19.0. The third-order valence-corrected chi connectivity index (χ3v) is 4.98. The molecule has 0 bridgehead atoms. The molecule has 0 aliphatic heterocycles. The monoisotopic (exact) mass is 407 g/mol. The lowest BCUT2D eigenvalue weighted by Crippen LogP contribution is -2.31. The Morgan fingerprint density at radius 1 is 0.926 bits per heavy atom. The molecule has 144 valence electrons. The zero-order valence-electron chi connectivity index (χ0n) is 13.2. The quantitative estimate of drug-likeness (QED) is 0.251. The molecular weight excluding hydrogens is 397 g/mol. The molecule has 0 atom stereocenters. The summed E-state index contributed by atoms with van der Waals surface area (Å²) in [6, 6.07) is 1.66. The van der Waals surface area contributed by atoms with E-state index in [1.807, 2.05) is 0 Å². The van der Waals surface area contributed by atoms with Crippen LogP contribution in [0.5, 0.6) is 0 Å². The molecule has 3 N–H and O–H groups in total. The molecule has 0 unspecified atom stereocenters. The average Bonchev–Trinajstić information content (AvgIpc) is 3.11. The standard InChI is InChI=1S/C14H10F5N5O2S/c15-7-8(16)10(18)12(11(19)9(7)17)27(25,26)24-4-3-21-14-6-1-2-20-13(6)22-5-23-14/h1-2,5,24H,3-4H2,(H2,20,21,22,23). The fourth-order valence-electron chi connectivity index (χ4n) is 2.27. The van der Waals surface area contributed by atoms with Crippen LogP contribution in [0, 0.1) is 29.1 Å². The lowest BCUT2D eigenvalue weighted by atomic mass is 10.3. The molecule has 2 aromatic heterocycles. The molecule has 2 heterocycles. The Labute approximate surface area is 148 Å². The number of rotatable bonds is 6. The third-order valence-electron chi connectivity index (χ3n) is 3.50. The maximum Gasteiger partial charge on any atom is 0.246 e. The number of nitrogens with zero attached hydrogens (tertiary/aromatic N) is 2. The Morgan fingerprint density at radius 2 is 1.56 bits per heavy atom. The summed E-state index contributed by atoms with van der Waals surface area (Å²) in [5.74, 6) is -11.6. The molecule has 0 saturated carbocycles. The van der Waals surface area contributed by atoms with Crippen LogP contribution in [0.4, 0.5) is 27.8 Å². The van der Waals surface area contributed by atoms with Crippen LogP contribution < -0.4 is 10.0 Å². The Morgan fingerprint density at radius 3 is 2.22 bits per heavy atom. The maximum absolute atomic E-state index is 13.6. The van der Waals surface area contributed by atoms with Crippen LogP contribution in [0.3, 0.4) is 0 Å². The second-order valence-electron chi connectivity index (χ2n) is 5.19. The maximum atomic E-state index is 13.6. The minimum absolute atomic E-state index is 0.0913. The Balaban J connectivity index is 1.74. The van der Waals surface area contributed by atoms with Crippen molar-refractivity contribution in [3.8, 4) is 0 Å². The second-order valence-corrected chi connectivity index (χ2v) is 6.89. The molecule has 27 heavy (non-hydrogen) atoms. The van der Waals surface area contributed by atoms with Crippen LogP contribution in [0.1, 0.15) is 0 Å². The van der Waals surface area contributed by atoms with Gasteiger partial charge >= 0.3 is 0 Å². The van der Waals surface area contributed by atoms with Crippen LogP contribution >= 0.6 is 0 Å². The number of anilines is 1. The van der Waals surface area contributed by atoms with E-state index in [1.54, 1.807) is 17.0 Å². The highest BCUT2D eigenvalue weighted by Crippen LogP contribution is 2.26. The van der Waals surface area contributed by atoms with Gasteiger partial charge in [-0.2, -0.15) is 0 Å². The fourth-order valence-corrected chi connectivity index (χ4v) is 3.44. The van der Waals surface area contributed by atoms with E-state index in [-0.39, 0.29) is 6.54 Å². The van der Waals surface area contributed by atoms with Crippen molar-refractivity contribution in [1.29, 1.82) is 0 Å².